The summed E-state index contributed by atoms with van der Waals surface area (Å²) in [5.41, 5.74) is 11.9. The summed E-state index contributed by atoms with van der Waals surface area (Å²) < 4.78 is 0. The van der Waals surface area contributed by atoms with E-state index in [0.717, 1.165) is 49.8 Å². The molecular formula is C46H30N6. The summed E-state index contributed by atoms with van der Waals surface area (Å²) >= 11 is 0. The minimum atomic E-state index is 0.478. The molecule has 9 rings (SSSR count). The highest BCUT2D eigenvalue weighted by Crippen LogP contribution is 2.43. The number of para-hydroxylation sites is 1. The molecule has 0 aliphatic carbocycles. The van der Waals surface area contributed by atoms with Crippen LogP contribution in [0, 0.1) is 0 Å². The number of benzene rings is 5. The summed E-state index contributed by atoms with van der Waals surface area (Å²) in [5.74, 6) is 1.48. The van der Waals surface area contributed by atoms with E-state index in [0.29, 0.717) is 28.9 Å². The Morgan fingerprint density at radius 2 is 0.808 bits per heavy atom. The molecule has 5 aromatic carbocycles. The normalized spacial score (nSPS) is 11.1. The Morgan fingerprint density at radius 1 is 0.288 bits per heavy atom. The molecule has 52 heavy (non-hydrogen) atoms. The van der Waals surface area contributed by atoms with Crippen molar-refractivity contribution >= 4 is 10.9 Å². The van der Waals surface area contributed by atoms with Crippen molar-refractivity contribution in [2.75, 3.05) is 0 Å². The fraction of sp³-hybridized carbons (Fsp3) is 0. The van der Waals surface area contributed by atoms with Crippen LogP contribution in [0.15, 0.2) is 182 Å². The fourth-order valence-corrected chi connectivity index (χ4v) is 6.73. The molecule has 0 amide bonds. The number of nitrogens with zero attached hydrogens (tertiary/aromatic N) is 6. The summed E-state index contributed by atoms with van der Waals surface area (Å²) in [4.78, 5) is 28.8. The predicted octanol–water partition coefficient (Wildman–Crippen LogP) is 10.9. The van der Waals surface area contributed by atoms with Gasteiger partial charge in [0.05, 0.1) is 5.52 Å². The van der Waals surface area contributed by atoms with Crippen LogP contribution in [0.1, 0.15) is 0 Å². The quantitative estimate of drug-likeness (QED) is 0.168. The van der Waals surface area contributed by atoms with Gasteiger partial charge in [0.25, 0.3) is 0 Å². The standard InChI is InChI=1S/C46H30N6/c1-2-14-31(15-3-1)34-18-4-5-19-35(34)36-20-6-7-21-37(36)38-26-25-33(30-40(38)39-22-12-16-32-17-13-29-49-43(32)39)44-50-45(41-23-8-10-27-47-41)52-46(51-44)42-24-9-11-28-48-42/h1-30H. The van der Waals surface area contributed by atoms with Gasteiger partial charge in [0, 0.05) is 35.1 Å². The van der Waals surface area contributed by atoms with Crippen molar-refractivity contribution in [2.45, 2.75) is 0 Å². The van der Waals surface area contributed by atoms with Crippen molar-refractivity contribution < 1.29 is 0 Å². The molecule has 0 aliphatic heterocycles. The van der Waals surface area contributed by atoms with Crippen molar-refractivity contribution in [1.29, 1.82) is 0 Å². The Kier molecular flexibility index (Phi) is 8.08. The second kappa shape index (κ2) is 13.6. The van der Waals surface area contributed by atoms with Crippen LogP contribution >= 0.6 is 0 Å². The number of pyridine rings is 3. The van der Waals surface area contributed by atoms with E-state index in [-0.39, 0.29) is 0 Å². The van der Waals surface area contributed by atoms with Crippen molar-refractivity contribution in [1.82, 2.24) is 29.9 Å². The molecule has 6 heteroatoms. The predicted molar refractivity (Wildman–Crippen MR) is 209 cm³/mol. The summed E-state index contributed by atoms with van der Waals surface area (Å²) in [6.07, 6.45) is 5.34. The second-order valence-corrected chi connectivity index (χ2v) is 12.3. The van der Waals surface area contributed by atoms with Gasteiger partial charge in [0.2, 0.25) is 0 Å². The van der Waals surface area contributed by atoms with Crippen LogP contribution in [0.4, 0.5) is 0 Å². The lowest BCUT2D eigenvalue weighted by Crippen LogP contribution is -2.02. The summed E-state index contributed by atoms with van der Waals surface area (Å²) in [7, 11) is 0. The number of fused-ring (bicyclic) bond motifs is 1. The van der Waals surface area contributed by atoms with Crippen LogP contribution < -0.4 is 0 Å². The highest BCUT2D eigenvalue weighted by Gasteiger charge is 2.20. The lowest BCUT2D eigenvalue weighted by atomic mass is 9.85. The Bertz CT molecular complexity index is 2620. The maximum atomic E-state index is 4.98. The van der Waals surface area contributed by atoms with E-state index in [2.05, 4.69) is 131 Å². The molecule has 0 saturated heterocycles. The van der Waals surface area contributed by atoms with Gasteiger partial charge in [0.15, 0.2) is 17.5 Å². The molecule has 0 bridgehead atoms. The summed E-state index contributed by atoms with van der Waals surface area (Å²) in [6, 6.07) is 56.1. The Balaban J connectivity index is 1.29. The molecule has 4 heterocycles. The molecule has 0 radical (unpaired) electrons. The first-order valence-corrected chi connectivity index (χ1v) is 17.1. The minimum absolute atomic E-state index is 0.478. The van der Waals surface area contributed by atoms with Gasteiger partial charge >= 0.3 is 0 Å². The van der Waals surface area contributed by atoms with Crippen LogP contribution in [0.2, 0.25) is 0 Å². The minimum Gasteiger partial charge on any atom is -0.256 e. The third kappa shape index (κ3) is 5.88. The lowest BCUT2D eigenvalue weighted by molar-refractivity contribution is 1.05. The van der Waals surface area contributed by atoms with Crippen LogP contribution in [0.5, 0.6) is 0 Å². The zero-order chi connectivity index (χ0) is 34.7. The molecule has 0 unspecified atom stereocenters. The zero-order valence-electron chi connectivity index (χ0n) is 28.0. The van der Waals surface area contributed by atoms with Crippen LogP contribution in [-0.4, -0.2) is 29.9 Å². The highest BCUT2D eigenvalue weighted by molar-refractivity contribution is 6.02. The monoisotopic (exact) mass is 666 g/mol. The Morgan fingerprint density at radius 3 is 1.46 bits per heavy atom. The van der Waals surface area contributed by atoms with E-state index in [4.69, 9.17) is 19.9 Å². The van der Waals surface area contributed by atoms with Gasteiger partial charge in [-0.2, -0.15) is 0 Å². The molecule has 9 aromatic rings. The van der Waals surface area contributed by atoms with Crippen LogP contribution in [0.3, 0.4) is 0 Å². The summed E-state index contributed by atoms with van der Waals surface area (Å²) in [6.45, 7) is 0. The molecule has 0 atom stereocenters. The van der Waals surface area contributed by atoms with Crippen LogP contribution in [0.25, 0.3) is 89.8 Å². The van der Waals surface area contributed by atoms with E-state index in [1.54, 1.807) is 12.4 Å². The maximum Gasteiger partial charge on any atom is 0.182 e. The number of hydrogen-bond acceptors (Lipinski definition) is 6. The zero-order valence-corrected chi connectivity index (χ0v) is 28.0. The first-order chi connectivity index (χ1) is 25.8. The molecule has 4 aromatic heterocycles. The van der Waals surface area contributed by atoms with Gasteiger partial charge < -0.3 is 0 Å². The largest absolute Gasteiger partial charge is 0.256 e. The second-order valence-electron chi connectivity index (χ2n) is 12.3. The molecule has 0 N–H and O–H groups in total. The van der Waals surface area contributed by atoms with Gasteiger partial charge in [0.1, 0.15) is 11.4 Å². The average molecular weight is 667 g/mol. The van der Waals surface area contributed by atoms with E-state index < -0.39 is 0 Å². The van der Waals surface area contributed by atoms with Gasteiger partial charge in [-0.1, -0.05) is 127 Å². The first kappa shape index (κ1) is 30.8. The van der Waals surface area contributed by atoms with Gasteiger partial charge in [-0.15, -0.1) is 0 Å². The third-order valence-corrected chi connectivity index (χ3v) is 9.14. The van der Waals surface area contributed by atoms with Crippen molar-refractivity contribution in [2.24, 2.45) is 0 Å². The molecule has 0 spiro atoms. The van der Waals surface area contributed by atoms with Gasteiger partial charge in [-0.3, -0.25) is 15.0 Å². The number of rotatable bonds is 7. The van der Waals surface area contributed by atoms with E-state index in [9.17, 15) is 0 Å². The van der Waals surface area contributed by atoms with E-state index >= 15 is 0 Å². The topological polar surface area (TPSA) is 77.3 Å². The Labute approximate surface area is 301 Å². The maximum absolute atomic E-state index is 4.98. The lowest BCUT2D eigenvalue weighted by Gasteiger charge is -2.19. The highest BCUT2D eigenvalue weighted by atomic mass is 15.1. The van der Waals surface area contributed by atoms with Crippen molar-refractivity contribution in [3.05, 3.63) is 182 Å². The van der Waals surface area contributed by atoms with Gasteiger partial charge in [-0.05, 0) is 75.3 Å². The molecular weight excluding hydrogens is 637 g/mol. The van der Waals surface area contributed by atoms with Crippen molar-refractivity contribution in [3.8, 4) is 78.9 Å². The molecule has 6 nitrogen and oxygen atoms in total. The van der Waals surface area contributed by atoms with E-state index in [1.165, 1.54) is 11.1 Å². The van der Waals surface area contributed by atoms with E-state index in [1.807, 2.05) is 48.7 Å². The molecule has 0 aliphatic rings. The smallest absolute Gasteiger partial charge is 0.182 e. The molecule has 244 valence electrons. The molecule has 0 fully saturated rings. The molecule has 0 saturated carbocycles. The van der Waals surface area contributed by atoms with Crippen LogP contribution in [-0.2, 0) is 0 Å². The average Bonchev–Trinajstić information content (AvgIpc) is 3.24. The SMILES string of the molecule is c1ccc(-c2ccccc2-c2ccccc2-c2ccc(-c3nc(-c4ccccn4)nc(-c4ccccn4)n3)cc2-c2cccc3cccnc23)cc1. The first-order valence-electron chi connectivity index (χ1n) is 17.1. The number of aromatic nitrogens is 6. The summed E-state index contributed by atoms with van der Waals surface area (Å²) in [5, 5.41) is 1.06. The fourth-order valence-electron chi connectivity index (χ4n) is 6.73. The van der Waals surface area contributed by atoms with Crippen molar-refractivity contribution in [3.63, 3.8) is 0 Å². The van der Waals surface area contributed by atoms with Gasteiger partial charge in [-0.25, -0.2) is 15.0 Å². The number of hydrogen-bond donors (Lipinski definition) is 0. The third-order valence-electron chi connectivity index (χ3n) is 9.14. The Hall–Kier alpha value is -7.18.